The number of aryl methyl sites for hydroxylation is 2. The largest absolute Gasteiger partial charge is 0.323 e. The number of H-pyrrole nitrogens is 2. The summed E-state index contributed by atoms with van der Waals surface area (Å²) in [7, 11) is 0. The highest BCUT2D eigenvalue weighted by Gasteiger charge is 2.17. The standard InChI is InChI=1S/C24H18N6/c1-13-5-3-6-14(2)21(13)15-7-4-8-18-22(15)28-24-27-17-11-16-19(12-20(17)30(18)24)29-10-9-25-23(29)26-16/h3-12H,1-2H3,(H,25,26)(H,27,28). The van der Waals surface area contributed by atoms with Crippen LogP contribution in [0.4, 0.5) is 0 Å². The minimum atomic E-state index is 0.849. The molecule has 0 bridgehead atoms. The molecule has 2 N–H and O–H groups in total. The van der Waals surface area contributed by atoms with Gasteiger partial charge in [-0.05, 0) is 48.7 Å². The summed E-state index contributed by atoms with van der Waals surface area (Å²) in [5, 5.41) is 0. The van der Waals surface area contributed by atoms with Crippen molar-refractivity contribution in [3.63, 3.8) is 0 Å². The lowest BCUT2D eigenvalue weighted by molar-refractivity contribution is 1.24. The van der Waals surface area contributed by atoms with Crippen LogP contribution in [-0.4, -0.2) is 28.7 Å². The maximum absolute atomic E-state index is 5.02. The monoisotopic (exact) mass is 390 g/mol. The van der Waals surface area contributed by atoms with Crippen LogP contribution in [0.3, 0.4) is 0 Å². The fraction of sp³-hybridized carbons (Fsp3) is 0.0833. The number of hydrogen-bond donors (Lipinski definition) is 2. The van der Waals surface area contributed by atoms with E-state index in [-0.39, 0.29) is 0 Å². The number of aromatic nitrogens is 6. The molecule has 3 aromatic carbocycles. The van der Waals surface area contributed by atoms with Gasteiger partial charge < -0.3 is 9.97 Å². The van der Waals surface area contributed by atoms with Gasteiger partial charge in [0.15, 0.2) is 0 Å². The lowest BCUT2D eigenvalue weighted by atomic mass is 9.95. The molecule has 0 atom stereocenters. The Kier molecular flexibility index (Phi) is 2.79. The SMILES string of the molecule is Cc1cccc(C)c1-c1cccc2c1nc1[nH]c3cc4[nH]c5nccn5c4cc3n12. The second kappa shape index (κ2) is 5.30. The Morgan fingerprint density at radius 1 is 0.800 bits per heavy atom. The predicted molar refractivity (Wildman–Crippen MR) is 120 cm³/mol. The van der Waals surface area contributed by atoms with E-state index in [0.717, 1.165) is 44.7 Å². The van der Waals surface area contributed by atoms with Crippen molar-refractivity contribution in [3.8, 4) is 11.1 Å². The fourth-order valence-corrected chi connectivity index (χ4v) is 4.86. The molecule has 144 valence electrons. The van der Waals surface area contributed by atoms with Gasteiger partial charge in [0, 0.05) is 18.0 Å². The Balaban J connectivity index is 1.61. The average molecular weight is 390 g/mol. The van der Waals surface area contributed by atoms with Gasteiger partial charge >= 0.3 is 0 Å². The molecule has 7 rings (SSSR count). The highest BCUT2D eigenvalue weighted by molar-refractivity contribution is 6.01. The molecule has 0 amide bonds. The number of aromatic amines is 2. The lowest BCUT2D eigenvalue weighted by Crippen LogP contribution is -1.89. The quantitative estimate of drug-likeness (QED) is 0.395. The second-order valence-corrected chi connectivity index (χ2v) is 7.97. The number of benzene rings is 3. The Morgan fingerprint density at radius 3 is 2.43 bits per heavy atom. The minimum Gasteiger partial charge on any atom is -0.323 e. The van der Waals surface area contributed by atoms with E-state index in [2.05, 4.69) is 86.1 Å². The van der Waals surface area contributed by atoms with Gasteiger partial charge in [-0.3, -0.25) is 8.80 Å². The molecular weight excluding hydrogens is 372 g/mol. The maximum atomic E-state index is 5.02. The van der Waals surface area contributed by atoms with Crippen LogP contribution in [0, 0.1) is 13.8 Å². The zero-order valence-electron chi connectivity index (χ0n) is 16.6. The first-order valence-electron chi connectivity index (χ1n) is 10.0. The summed E-state index contributed by atoms with van der Waals surface area (Å²) in [6.45, 7) is 4.33. The summed E-state index contributed by atoms with van der Waals surface area (Å²) >= 11 is 0. The Morgan fingerprint density at radius 2 is 1.57 bits per heavy atom. The molecule has 30 heavy (non-hydrogen) atoms. The Bertz CT molecular complexity index is 1750. The van der Waals surface area contributed by atoms with Gasteiger partial charge in [-0.1, -0.05) is 30.3 Å². The molecule has 6 nitrogen and oxygen atoms in total. The van der Waals surface area contributed by atoms with Gasteiger partial charge in [0.25, 0.3) is 0 Å². The third-order valence-electron chi connectivity index (χ3n) is 6.18. The molecule has 0 aliphatic heterocycles. The summed E-state index contributed by atoms with van der Waals surface area (Å²) in [6.07, 6.45) is 3.79. The van der Waals surface area contributed by atoms with Crippen LogP contribution < -0.4 is 0 Å². The van der Waals surface area contributed by atoms with E-state index >= 15 is 0 Å². The molecule has 7 aromatic rings. The highest BCUT2D eigenvalue weighted by Crippen LogP contribution is 2.35. The fourth-order valence-electron chi connectivity index (χ4n) is 4.86. The van der Waals surface area contributed by atoms with E-state index in [9.17, 15) is 0 Å². The molecule has 4 heterocycles. The van der Waals surface area contributed by atoms with Crippen molar-refractivity contribution in [3.05, 3.63) is 72.1 Å². The molecule has 4 aromatic heterocycles. The van der Waals surface area contributed by atoms with Crippen LogP contribution >= 0.6 is 0 Å². The number of imidazole rings is 4. The molecule has 6 heteroatoms. The molecule has 0 saturated carbocycles. The molecule has 0 radical (unpaired) electrons. The van der Waals surface area contributed by atoms with Gasteiger partial charge in [-0.2, -0.15) is 0 Å². The molecule has 0 spiro atoms. The maximum Gasteiger partial charge on any atom is 0.213 e. The Labute approximate surface area is 170 Å². The van der Waals surface area contributed by atoms with E-state index in [1.165, 1.54) is 22.3 Å². The number of nitrogens with one attached hydrogen (secondary N) is 2. The van der Waals surface area contributed by atoms with Crippen LogP contribution in [0.15, 0.2) is 60.9 Å². The predicted octanol–water partition coefficient (Wildman–Crippen LogP) is 5.38. The second-order valence-electron chi connectivity index (χ2n) is 7.97. The van der Waals surface area contributed by atoms with Gasteiger partial charge in [-0.25, -0.2) is 9.97 Å². The van der Waals surface area contributed by atoms with Crippen LogP contribution in [0.1, 0.15) is 11.1 Å². The van der Waals surface area contributed by atoms with Crippen molar-refractivity contribution in [2.75, 3.05) is 0 Å². The van der Waals surface area contributed by atoms with E-state index in [1.807, 2.05) is 12.4 Å². The van der Waals surface area contributed by atoms with Crippen molar-refractivity contribution >= 4 is 44.7 Å². The van der Waals surface area contributed by atoms with Crippen molar-refractivity contribution in [1.82, 2.24) is 28.7 Å². The third kappa shape index (κ3) is 1.88. The van der Waals surface area contributed by atoms with Crippen molar-refractivity contribution < 1.29 is 0 Å². The first-order valence-corrected chi connectivity index (χ1v) is 10.0. The molecule has 0 fully saturated rings. The first kappa shape index (κ1) is 15.8. The average Bonchev–Trinajstić information content (AvgIpc) is 3.45. The van der Waals surface area contributed by atoms with Crippen molar-refractivity contribution in [2.45, 2.75) is 13.8 Å². The summed E-state index contributed by atoms with van der Waals surface area (Å²) in [5.41, 5.74) is 11.4. The molecular formula is C24H18N6. The van der Waals surface area contributed by atoms with Crippen LogP contribution in [0.2, 0.25) is 0 Å². The summed E-state index contributed by atoms with van der Waals surface area (Å²) in [4.78, 5) is 16.3. The van der Waals surface area contributed by atoms with E-state index in [4.69, 9.17) is 4.98 Å². The van der Waals surface area contributed by atoms with E-state index < -0.39 is 0 Å². The van der Waals surface area contributed by atoms with E-state index in [1.54, 1.807) is 0 Å². The van der Waals surface area contributed by atoms with Gasteiger partial charge in [0.05, 0.1) is 33.1 Å². The van der Waals surface area contributed by atoms with Crippen molar-refractivity contribution in [2.24, 2.45) is 0 Å². The topological polar surface area (TPSA) is 66.2 Å². The number of hydrogen-bond acceptors (Lipinski definition) is 2. The molecule has 0 unspecified atom stereocenters. The van der Waals surface area contributed by atoms with Crippen LogP contribution in [0.5, 0.6) is 0 Å². The lowest BCUT2D eigenvalue weighted by Gasteiger charge is -2.10. The zero-order valence-corrected chi connectivity index (χ0v) is 16.6. The molecule has 0 saturated heterocycles. The summed E-state index contributed by atoms with van der Waals surface area (Å²) < 4.78 is 4.30. The highest BCUT2D eigenvalue weighted by atomic mass is 15.1. The van der Waals surface area contributed by atoms with Gasteiger partial charge in [0.2, 0.25) is 11.6 Å². The molecule has 0 aliphatic rings. The first-order chi connectivity index (χ1) is 14.7. The number of nitrogens with zero attached hydrogens (tertiary/aromatic N) is 4. The van der Waals surface area contributed by atoms with E-state index in [0.29, 0.717) is 0 Å². The normalized spacial score (nSPS) is 12.3. The van der Waals surface area contributed by atoms with Gasteiger partial charge in [-0.15, -0.1) is 0 Å². The van der Waals surface area contributed by atoms with Gasteiger partial charge in [0.1, 0.15) is 0 Å². The van der Waals surface area contributed by atoms with Crippen molar-refractivity contribution in [1.29, 1.82) is 0 Å². The smallest absolute Gasteiger partial charge is 0.213 e. The van der Waals surface area contributed by atoms with Crippen LogP contribution in [-0.2, 0) is 0 Å². The zero-order chi connectivity index (χ0) is 20.0. The summed E-state index contributed by atoms with van der Waals surface area (Å²) in [6, 6.07) is 17.2. The van der Waals surface area contributed by atoms with Crippen LogP contribution in [0.25, 0.3) is 55.8 Å². The number of fused-ring (bicyclic) bond motifs is 8. The Hall–Kier alpha value is -4.06. The minimum absolute atomic E-state index is 0.849. The number of para-hydroxylation sites is 1. The number of rotatable bonds is 1. The molecule has 0 aliphatic carbocycles. The third-order valence-corrected chi connectivity index (χ3v) is 6.18. The summed E-state index contributed by atoms with van der Waals surface area (Å²) in [5.74, 6) is 1.70.